The number of piperidine rings is 1. The molecule has 1 saturated heterocycles. The molecule has 0 spiro atoms. The maximum absolute atomic E-state index is 13.9. The van der Waals surface area contributed by atoms with Crippen molar-refractivity contribution in [3.05, 3.63) is 53.8 Å². The first kappa shape index (κ1) is 18.9. The van der Waals surface area contributed by atoms with E-state index in [1.807, 2.05) is 24.3 Å². The molecule has 2 aromatic carbocycles. The smallest absolute Gasteiger partial charge is 0.227 e. The number of amides is 1. The molecule has 1 N–H and O–H groups in total. The van der Waals surface area contributed by atoms with Crippen LogP contribution >= 0.6 is 11.3 Å². The van der Waals surface area contributed by atoms with Crippen LogP contribution in [0.25, 0.3) is 10.2 Å². The van der Waals surface area contributed by atoms with Crippen molar-refractivity contribution in [2.75, 3.05) is 23.3 Å². The molecule has 0 atom stereocenters. The Kier molecular flexibility index (Phi) is 5.31. The lowest BCUT2D eigenvalue weighted by atomic mass is 9.95. The predicted octanol–water partition coefficient (Wildman–Crippen LogP) is 5.41. The number of nitrogens with one attached hydrogen (secondary N) is 1. The Labute approximate surface area is 168 Å². The highest BCUT2D eigenvalue weighted by atomic mass is 32.1. The number of benzene rings is 2. The number of fused-ring (bicyclic) bond motifs is 1. The Balaban J connectivity index is 1.41. The molecular weight excluding hydrogens is 373 g/mol. The summed E-state index contributed by atoms with van der Waals surface area (Å²) < 4.78 is 14.8. The molecule has 28 heavy (non-hydrogen) atoms. The minimum absolute atomic E-state index is 0.0115. The molecule has 6 heteroatoms. The summed E-state index contributed by atoms with van der Waals surface area (Å²) in [6.07, 6.45) is 1.54. The Morgan fingerprint density at radius 2 is 1.93 bits per heavy atom. The van der Waals surface area contributed by atoms with Gasteiger partial charge in [0.2, 0.25) is 5.91 Å². The first-order chi connectivity index (χ1) is 13.5. The average Bonchev–Trinajstić information content (AvgIpc) is 3.14. The first-order valence-electron chi connectivity index (χ1n) is 9.72. The van der Waals surface area contributed by atoms with Crippen LogP contribution in [0.15, 0.2) is 42.5 Å². The second-order valence-electron chi connectivity index (χ2n) is 7.58. The molecule has 0 bridgehead atoms. The number of thiazole rings is 1. The minimum atomic E-state index is -0.280. The van der Waals surface area contributed by atoms with Crippen LogP contribution in [0.5, 0.6) is 0 Å². The van der Waals surface area contributed by atoms with E-state index in [9.17, 15) is 9.18 Å². The van der Waals surface area contributed by atoms with E-state index in [1.165, 1.54) is 17.4 Å². The predicted molar refractivity (Wildman–Crippen MR) is 114 cm³/mol. The molecule has 0 radical (unpaired) electrons. The lowest BCUT2D eigenvalue weighted by molar-refractivity contribution is -0.120. The topological polar surface area (TPSA) is 45.2 Å². The molecule has 4 nitrogen and oxygen atoms in total. The van der Waals surface area contributed by atoms with Crippen LogP contribution in [0.2, 0.25) is 0 Å². The quantitative estimate of drug-likeness (QED) is 0.640. The number of aromatic nitrogens is 1. The van der Waals surface area contributed by atoms with Gasteiger partial charge in [0.1, 0.15) is 11.3 Å². The molecule has 0 aliphatic carbocycles. The summed E-state index contributed by atoms with van der Waals surface area (Å²) in [7, 11) is 0. The maximum atomic E-state index is 13.9. The summed E-state index contributed by atoms with van der Waals surface area (Å²) in [5.74, 6) is 0.154. The molecule has 1 amide bonds. The molecule has 1 aliphatic heterocycles. The third-order valence-corrected chi connectivity index (χ3v) is 6.42. The van der Waals surface area contributed by atoms with E-state index in [4.69, 9.17) is 0 Å². The number of para-hydroxylation sites is 2. The standard InChI is InChI=1S/C22H24FN3OS/c1-14(2)16-6-3-4-8-18(16)24-21(27)15-10-12-26(13-11-15)22-25-20-17(23)7-5-9-19(20)28-22/h3-9,14-15H,10-13H2,1-2H3,(H,24,27). The maximum Gasteiger partial charge on any atom is 0.227 e. The van der Waals surface area contributed by atoms with Gasteiger partial charge in [-0.3, -0.25) is 4.79 Å². The Morgan fingerprint density at radius 1 is 1.18 bits per heavy atom. The lowest BCUT2D eigenvalue weighted by Crippen LogP contribution is -2.38. The molecule has 146 valence electrons. The van der Waals surface area contributed by atoms with E-state index in [0.29, 0.717) is 11.4 Å². The summed E-state index contributed by atoms with van der Waals surface area (Å²) >= 11 is 1.51. The normalized spacial score (nSPS) is 15.4. The zero-order valence-corrected chi connectivity index (χ0v) is 16.9. The van der Waals surface area contributed by atoms with Gasteiger partial charge in [-0.15, -0.1) is 0 Å². The van der Waals surface area contributed by atoms with Crippen molar-refractivity contribution in [1.82, 2.24) is 4.98 Å². The summed E-state index contributed by atoms with van der Waals surface area (Å²) in [6, 6.07) is 13.0. The van der Waals surface area contributed by atoms with Crippen LogP contribution in [0.4, 0.5) is 15.2 Å². The zero-order chi connectivity index (χ0) is 19.7. The molecule has 2 heterocycles. The number of hydrogen-bond donors (Lipinski definition) is 1. The molecule has 4 rings (SSSR count). The Hall–Kier alpha value is -2.47. The molecule has 1 aromatic heterocycles. The third kappa shape index (κ3) is 3.74. The number of hydrogen-bond acceptors (Lipinski definition) is 4. The molecular formula is C22H24FN3OS. The van der Waals surface area contributed by atoms with Gasteiger partial charge >= 0.3 is 0 Å². The van der Waals surface area contributed by atoms with E-state index < -0.39 is 0 Å². The van der Waals surface area contributed by atoms with Crippen LogP contribution in [0.1, 0.15) is 38.2 Å². The molecule has 1 fully saturated rings. The van der Waals surface area contributed by atoms with Crippen molar-refractivity contribution in [3.63, 3.8) is 0 Å². The summed E-state index contributed by atoms with van der Waals surface area (Å²) in [5.41, 5.74) is 2.50. The van der Waals surface area contributed by atoms with Crippen LogP contribution in [0, 0.1) is 11.7 Å². The van der Waals surface area contributed by atoms with Gasteiger partial charge in [0.15, 0.2) is 5.13 Å². The van der Waals surface area contributed by atoms with Crippen molar-refractivity contribution in [2.24, 2.45) is 5.92 Å². The van der Waals surface area contributed by atoms with Crippen molar-refractivity contribution >= 4 is 38.3 Å². The Morgan fingerprint density at radius 3 is 2.64 bits per heavy atom. The van der Waals surface area contributed by atoms with Gasteiger partial charge in [0, 0.05) is 24.7 Å². The van der Waals surface area contributed by atoms with Gasteiger partial charge in [-0.1, -0.05) is 49.4 Å². The lowest BCUT2D eigenvalue weighted by Gasteiger charge is -2.31. The van der Waals surface area contributed by atoms with E-state index in [2.05, 4.69) is 35.1 Å². The Bertz CT molecular complexity index is 992. The van der Waals surface area contributed by atoms with Crippen LogP contribution in [-0.2, 0) is 4.79 Å². The summed E-state index contributed by atoms with van der Waals surface area (Å²) in [5, 5.41) is 3.96. The van der Waals surface area contributed by atoms with Crippen LogP contribution in [-0.4, -0.2) is 24.0 Å². The fourth-order valence-corrected chi connectivity index (χ4v) is 4.75. The number of carbonyl (C=O) groups excluding carboxylic acids is 1. The summed E-state index contributed by atoms with van der Waals surface area (Å²) in [4.78, 5) is 19.4. The van der Waals surface area contributed by atoms with E-state index in [-0.39, 0.29) is 17.6 Å². The van der Waals surface area contributed by atoms with Gasteiger partial charge in [-0.2, -0.15) is 0 Å². The third-order valence-electron chi connectivity index (χ3n) is 5.34. The van der Waals surface area contributed by atoms with Gasteiger partial charge < -0.3 is 10.2 Å². The summed E-state index contributed by atoms with van der Waals surface area (Å²) in [6.45, 7) is 5.77. The van der Waals surface area contributed by atoms with Gasteiger partial charge in [-0.05, 0) is 42.5 Å². The van der Waals surface area contributed by atoms with Crippen molar-refractivity contribution in [2.45, 2.75) is 32.6 Å². The molecule has 1 aliphatic rings. The monoisotopic (exact) mass is 397 g/mol. The van der Waals surface area contributed by atoms with Crippen molar-refractivity contribution in [1.29, 1.82) is 0 Å². The SMILES string of the molecule is CC(C)c1ccccc1NC(=O)C1CCN(c2nc3c(F)cccc3s2)CC1. The number of carbonyl (C=O) groups is 1. The second kappa shape index (κ2) is 7.87. The number of rotatable bonds is 4. The zero-order valence-electron chi connectivity index (χ0n) is 16.1. The average molecular weight is 398 g/mol. The van der Waals surface area contributed by atoms with Crippen molar-refractivity contribution < 1.29 is 9.18 Å². The van der Waals surface area contributed by atoms with Gasteiger partial charge in [0.25, 0.3) is 0 Å². The van der Waals surface area contributed by atoms with Crippen LogP contribution in [0.3, 0.4) is 0 Å². The van der Waals surface area contributed by atoms with Crippen LogP contribution < -0.4 is 10.2 Å². The minimum Gasteiger partial charge on any atom is -0.348 e. The molecule has 0 unspecified atom stereocenters. The molecule has 3 aromatic rings. The highest BCUT2D eigenvalue weighted by molar-refractivity contribution is 7.22. The number of nitrogens with zero attached hydrogens (tertiary/aromatic N) is 2. The van der Waals surface area contributed by atoms with Crippen molar-refractivity contribution in [3.8, 4) is 0 Å². The number of anilines is 2. The van der Waals surface area contributed by atoms with E-state index >= 15 is 0 Å². The fraction of sp³-hybridized carbons (Fsp3) is 0.364. The highest BCUT2D eigenvalue weighted by Crippen LogP contribution is 2.33. The largest absolute Gasteiger partial charge is 0.348 e. The number of halogens is 1. The van der Waals surface area contributed by atoms with Gasteiger partial charge in [-0.25, -0.2) is 9.37 Å². The molecule has 0 saturated carbocycles. The van der Waals surface area contributed by atoms with Gasteiger partial charge in [0.05, 0.1) is 4.70 Å². The second-order valence-corrected chi connectivity index (χ2v) is 8.58. The van der Waals surface area contributed by atoms with E-state index in [0.717, 1.165) is 47.0 Å². The van der Waals surface area contributed by atoms with E-state index in [1.54, 1.807) is 6.07 Å². The fourth-order valence-electron chi connectivity index (χ4n) is 3.72. The first-order valence-corrected chi connectivity index (χ1v) is 10.5. The highest BCUT2D eigenvalue weighted by Gasteiger charge is 2.27.